The van der Waals surface area contributed by atoms with E-state index in [4.69, 9.17) is 32.7 Å². The Labute approximate surface area is 218 Å². The molecule has 12 nitrogen and oxygen atoms in total. The molecule has 0 aromatic carbocycles. The molecule has 0 bridgehead atoms. The summed E-state index contributed by atoms with van der Waals surface area (Å²) in [5.41, 5.74) is -1.68. The Bertz CT molecular complexity index is 836. The van der Waals surface area contributed by atoms with Crippen LogP contribution in [0.1, 0.15) is 69.2 Å². The van der Waals surface area contributed by atoms with Crippen molar-refractivity contribution in [2.45, 2.75) is 93.7 Å². The predicted molar refractivity (Wildman–Crippen MR) is 130 cm³/mol. The maximum atomic E-state index is 13.7. The third-order valence-electron chi connectivity index (χ3n) is 5.45. The molecule has 0 aliphatic carbocycles. The second-order valence-corrected chi connectivity index (χ2v) is 13.1. The molecule has 0 aromatic heterocycles. The van der Waals surface area contributed by atoms with Crippen LogP contribution < -0.4 is 0 Å². The summed E-state index contributed by atoms with van der Waals surface area (Å²) in [6.45, 7) is 14.2. The van der Waals surface area contributed by atoms with Crippen LogP contribution in [0.3, 0.4) is 0 Å². The SMILES string of the molecule is CC(=O)O[C@@H]1[C@H](C)[C@H](C)O[C@H](CP(=O)(OCOC(=O)C(C)(C)C)OCOC(=O)C(C)(C)C)[C@H]1OC(C)=O. The van der Waals surface area contributed by atoms with Gasteiger partial charge in [-0.3, -0.25) is 32.8 Å². The smallest absolute Gasteiger partial charge is 0.339 e. The second kappa shape index (κ2) is 13.2. The zero-order chi connectivity index (χ0) is 28.8. The molecular formula is C24H41O12P. The third-order valence-corrected chi connectivity index (χ3v) is 7.25. The van der Waals surface area contributed by atoms with Gasteiger partial charge in [-0.2, -0.15) is 0 Å². The number of carbonyl (C=O) groups is 4. The molecule has 1 aliphatic rings. The molecular weight excluding hydrogens is 511 g/mol. The second-order valence-electron chi connectivity index (χ2n) is 11.0. The number of hydrogen-bond donors (Lipinski definition) is 0. The summed E-state index contributed by atoms with van der Waals surface area (Å²) in [5, 5.41) is 0. The fourth-order valence-corrected chi connectivity index (χ4v) is 4.67. The first-order chi connectivity index (χ1) is 16.8. The van der Waals surface area contributed by atoms with E-state index in [0.29, 0.717) is 0 Å². The first-order valence-electron chi connectivity index (χ1n) is 12.0. The summed E-state index contributed by atoms with van der Waals surface area (Å²) in [6.07, 6.45) is -4.11. The molecule has 13 heteroatoms. The zero-order valence-electron chi connectivity index (χ0n) is 23.4. The Morgan fingerprint density at radius 1 is 0.757 bits per heavy atom. The standard InChI is InChI=1S/C24H41O12P/c1-14-15(2)34-18(20(36-17(4)26)19(14)35-16(3)25)11-37(29,32-12-30-21(27)23(5,6)7)33-13-31-22(28)24(8,9)10/h14-15,18-20H,11-13H2,1-10H3/t14-,15+,18-,19-,20-/m1/s1. The fourth-order valence-electron chi connectivity index (χ4n) is 3.22. The summed E-state index contributed by atoms with van der Waals surface area (Å²) in [7, 11) is -4.20. The van der Waals surface area contributed by atoms with Crippen LogP contribution in [0.5, 0.6) is 0 Å². The normalized spacial score (nSPS) is 24.6. The lowest BCUT2D eigenvalue weighted by Crippen LogP contribution is -2.57. The number of rotatable bonds is 10. The molecule has 0 N–H and O–H groups in total. The summed E-state index contributed by atoms with van der Waals surface area (Å²) in [5.74, 6) is -2.86. The minimum Gasteiger partial charge on any atom is -0.458 e. The number of hydrogen-bond acceptors (Lipinski definition) is 12. The molecule has 0 spiro atoms. The van der Waals surface area contributed by atoms with Crippen LogP contribution in [0.15, 0.2) is 0 Å². The Morgan fingerprint density at radius 3 is 1.54 bits per heavy atom. The van der Waals surface area contributed by atoms with Gasteiger partial charge in [-0.25, -0.2) is 0 Å². The summed E-state index contributed by atoms with van der Waals surface area (Å²) in [6, 6.07) is 0. The van der Waals surface area contributed by atoms with Gasteiger partial charge in [-0.15, -0.1) is 0 Å². The molecule has 0 aromatic rings. The molecule has 1 aliphatic heterocycles. The molecule has 1 heterocycles. The van der Waals surface area contributed by atoms with Crippen molar-refractivity contribution >= 4 is 31.5 Å². The van der Waals surface area contributed by atoms with Crippen LogP contribution in [0, 0.1) is 16.7 Å². The zero-order valence-corrected chi connectivity index (χ0v) is 24.2. The van der Waals surface area contributed by atoms with Crippen molar-refractivity contribution in [2.75, 3.05) is 19.7 Å². The van der Waals surface area contributed by atoms with Crippen molar-refractivity contribution in [3.63, 3.8) is 0 Å². The van der Waals surface area contributed by atoms with E-state index in [-0.39, 0.29) is 5.92 Å². The van der Waals surface area contributed by atoms with Gasteiger partial charge in [0.1, 0.15) is 12.2 Å². The van der Waals surface area contributed by atoms with E-state index in [1.54, 1.807) is 55.4 Å². The van der Waals surface area contributed by atoms with E-state index in [2.05, 4.69) is 0 Å². The predicted octanol–water partition coefficient (Wildman–Crippen LogP) is 3.59. The molecule has 0 radical (unpaired) electrons. The Balaban J connectivity index is 3.19. The summed E-state index contributed by atoms with van der Waals surface area (Å²) >= 11 is 0. The molecule has 0 amide bonds. The molecule has 5 atom stereocenters. The number of carbonyl (C=O) groups excluding carboxylic acids is 4. The summed E-state index contributed by atoms with van der Waals surface area (Å²) < 4.78 is 51.4. The molecule has 1 rings (SSSR count). The lowest BCUT2D eigenvalue weighted by atomic mass is 9.89. The van der Waals surface area contributed by atoms with Crippen molar-refractivity contribution in [2.24, 2.45) is 16.7 Å². The highest BCUT2D eigenvalue weighted by atomic mass is 31.2. The van der Waals surface area contributed by atoms with Crippen LogP contribution in [0.4, 0.5) is 0 Å². The van der Waals surface area contributed by atoms with E-state index in [1.165, 1.54) is 13.8 Å². The average molecular weight is 553 g/mol. The van der Waals surface area contributed by atoms with Crippen LogP contribution >= 0.6 is 7.60 Å². The quantitative estimate of drug-likeness (QED) is 0.169. The fraction of sp³-hybridized carbons (Fsp3) is 0.833. The summed E-state index contributed by atoms with van der Waals surface area (Å²) in [4.78, 5) is 47.9. The monoisotopic (exact) mass is 552 g/mol. The Morgan fingerprint density at radius 2 is 1.16 bits per heavy atom. The van der Waals surface area contributed by atoms with Crippen molar-refractivity contribution < 1.29 is 56.5 Å². The van der Waals surface area contributed by atoms with Gasteiger partial charge in [0, 0.05) is 19.8 Å². The van der Waals surface area contributed by atoms with Gasteiger partial charge >= 0.3 is 31.5 Å². The lowest BCUT2D eigenvalue weighted by Gasteiger charge is -2.44. The van der Waals surface area contributed by atoms with Gasteiger partial charge in [-0.1, -0.05) is 6.92 Å². The topological polar surface area (TPSA) is 150 Å². The van der Waals surface area contributed by atoms with Gasteiger partial charge in [0.25, 0.3) is 0 Å². The van der Waals surface area contributed by atoms with Crippen molar-refractivity contribution in [3.8, 4) is 0 Å². The van der Waals surface area contributed by atoms with Gasteiger partial charge < -0.3 is 23.7 Å². The highest BCUT2D eigenvalue weighted by Gasteiger charge is 2.49. The van der Waals surface area contributed by atoms with Gasteiger partial charge in [-0.05, 0) is 48.5 Å². The molecule has 1 saturated heterocycles. The molecule has 0 saturated carbocycles. The number of ether oxygens (including phenoxy) is 5. The minimum atomic E-state index is -4.20. The first-order valence-corrected chi connectivity index (χ1v) is 13.7. The maximum absolute atomic E-state index is 13.7. The van der Waals surface area contributed by atoms with Crippen molar-refractivity contribution in [3.05, 3.63) is 0 Å². The van der Waals surface area contributed by atoms with Crippen molar-refractivity contribution in [1.82, 2.24) is 0 Å². The van der Waals surface area contributed by atoms with Crippen LogP contribution in [0.2, 0.25) is 0 Å². The maximum Gasteiger partial charge on any atom is 0.339 e. The Kier molecular flexibility index (Phi) is 11.8. The van der Waals surface area contributed by atoms with E-state index < -0.39 is 86.5 Å². The van der Waals surface area contributed by atoms with Gasteiger partial charge in [0.2, 0.25) is 13.6 Å². The number of esters is 4. The van der Waals surface area contributed by atoms with Crippen LogP contribution in [-0.2, 0) is 56.5 Å². The molecule has 214 valence electrons. The van der Waals surface area contributed by atoms with Crippen LogP contribution in [0.25, 0.3) is 0 Å². The van der Waals surface area contributed by atoms with Crippen molar-refractivity contribution in [1.29, 1.82) is 0 Å². The minimum absolute atomic E-state index is 0.369. The van der Waals surface area contributed by atoms with E-state index in [0.717, 1.165) is 0 Å². The highest BCUT2D eigenvalue weighted by Crippen LogP contribution is 2.51. The molecule has 1 fully saturated rings. The van der Waals surface area contributed by atoms with Crippen LogP contribution in [-0.4, -0.2) is 68.0 Å². The van der Waals surface area contributed by atoms with E-state index in [9.17, 15) is 23.7 Å². The first kappa shape index (κ1) is 33.0. The third kappa shape index (κ3) is 10.7. The van der Waals surface area contributed by atoms with E-state index in [1.807, 2.05) is 0 Å². The van der Waals surface area contributed by atoms with Gasteiger partial charge in [0.15, 0.2) is 6.10 Å². The molecule has 37 heavy (non-hydrogen) atoms. The average Bonchev–Trinajstić information content (AvgIpc) is 2.72. The van der Waals surface area contributed by atoms with E-state index >= 15 is 0 Å². The van der Waals surface area contributed by atoms with Gasteiger partial charge in [0.05, 0.1) is 23.1 Å². The largest absolute Gasteiger partial charge is 0.458 e. The highest BCUT2D eigenvalue weighted by molar-refractivity contribution is 7.53. The Hall–Kier alpha value is -2.01. The lowest BCUT2D eigenvalue weighted by molar-refractivity contribution is -0.216. The molecule has 0 unspecified atom stereocenters.